The summed E-state index contributed by atoms with van der Waals surface area (Å²) >= 11 is 0. The van der Waals surface area contributed by atoms with Gasteiger partial charge in [-0.1, -0.05) is 6.42 Å². The topological polar surface area (TPSA) is 60.9 Å². The maximum absolute atomic E-state index is 12.0. The van der Waals surface area contributed by atoms with Crippen molar-refractivity contribution in [3.8, 4) is 0 Å². The number of aliphatic hydroxyl groups excluding tert-OH is 1. The molecule has 2 rings (SSSR count). The summed E-state index contributed by atoms with van der Waals surface area (Å²) in [5.41, 5.74) is 0. The van der Waals surface area contributed by atoms with Crippen LogP contribution in [-0.2, 0) is 10.2 Å². The lowest BCUT2D eigenvalue weighted by molar-refractivity contribution is 0.110. The predicted molar refractivity (Wildman–Crippen MR) is 56.5 cm³/mol. The van der Waals surface area contributed by atoms with Crippen molar-refractivity contribution < 1.29 is 13.5 Å². The van der Waals surface area contributed by atoms with Gasteiger partial charge in [0.2, 0.25) is 0 Å². The van der Waals surface area contributed by atoms with Crippen molar-refractivity contribution in [1.29, 1.82) is 0 Å². The molecule has 6 heteroatoms. The molecule has 2 saturated heterocycles. The minimum atomic E-state index is -3.21. The Labute approximate surface area is 90.9 Å². The van der Waals surface area contributed by atoms with Crippen LogP contribution >= 0.6 is 0 Å². The zero-order valence-electron chi connectivity index (χ0n) is 8.80. The van der Waals surface area contributed by atoms with E-state index in [-0.39, 0.29) is 12.5 Å². The molecule has 0 radical (unpaired) electrons. The second kappa shape index (κ2) is 4.37. The smallest absolute Gasteiger partial charge is 0.281 e. The lowest BCUT2D eigenvalue weighted by atomic mass is 10.1. The van der Waals surface area contributed by atoms with Crippen LogP contribution in [0.25, 0.3) is 0 Å². The summed E-state index contributed by atoms with van der Waals surface area (Å²) in [6.07, 6.45) is 3.07. The monoisotopic (exact) mass is 234 g/mol. The summed E-state index contributed by atoms with van der Waals surface area (Å²) in [5.74, 6) is 0.143. The average molecular weight is 234 g/mol. The fraction of sp³-hybridized carbons (Fsp3) is 1.00. The summed E-state index contributed by atoms with van der Waals surface area (Å²) < 4.78 is 27.0. The molecule has 0 aromatic carbocycles. The number of rotatable bonds is 3. The lowest BCUT2D eigenvalue weighted by Crippen LogP contribution is -2.56. The Kier molecular flexibility index (Phi) is 3.30. The van der Waals surface area contributed by atoms with Gasteiger partial charge < -0.3 is 5.11 Å². The molecular formula is C9H18N2O3S. The molecule has 2 aliphatic rings. The quantitative estimate of drug-likeness (QED) is 0.725. The van der Waals surface area contributed by atoms with Gasteiger partial charge in [0.1, 0.15) is 0 Å². The van der Waals surface area contributed by atoms with E-state index in [4.69, 9.17) is 5.11 Å². The van der Waals surface area contributed by atoms with Crippen LogP contribution in [0.2, 0.25) is 0 Å². The van der Waals surface area contributed by atoms with Crippen LogP contribution in [-0.4, -0.2) is 54.9 Å². The summed E-state index contributed by atoms with van der Waals surface area (Å²) in [6, 6.07) is 0. The predicted octanol–water partition coefficient (Wildman–Crippen LogP) is -0.359. The van der Waals surface area contributed by atoms with Crippen LogP contribution in [0.4, 0.5) is 0 Å². The van der Waals surface area contributed by atoms with E-state index < -0.39 is 10.2 Å². The van der Waals surface area contributed by atoms with Crippen molar-refractivity contribution >= 4 is 10.2 Å². The largest absolute Gasteiger partial charge is 0.396 e. The zero-order chi connectivity index (χ0) is 10.9. The molecule has 2 aliphatic heterocycles. The Morgan fingerprint density at radius 3 is 2.20 bits per heavy atom. The van der Waals surface area contributed by atoms with Gasteiger partial charge in [-0.3, -0.25) is 0 Å². The highest BCUT2D eigenvalue weighted by Crippen LogP contribution is 2.23. The maximum Gasteiger partial charge on any atom is 0.281 e. The number of hydrogen-bond donors (Lipinski definition) is 1. The fourth-order valence-corrected chi connectivity index (χ4v) is 3.93. The molecule has 2 fully saturated rings. The van der Waals surface area contributed by atoms with E-state index in [1.165, 1.54) is 4.31 Å². The van der Waals surface area contributed by atoms with Crippen molar-refractivity contribution in [2.45, 2.75) is 19.3 Å². The first-order chi connectivity index (χ1) is 7.14. The van der Waals surface area contributed by atoms with Gasteiger partial charge in [0.25, 0.3) is 10.2 Å². The average Bonchev–Trinajstić information content (AvgIpc) is 2.17. The third-order valence-corrected chi connectivity index (χ3v) is 5.12. The van der Waals surface area contributed by atoms with Crippen molar-refractivity contribution in [2.24, 2.45) is 5.92 Å². The van der Waals surface area contributed by atoms with Gasteiger partial charge in [0.15, 0.2) is 0 Å². The summed E-state index contributed by atoms with van der Waals surface area (Å²) in [4.78, 5) is 0. The van der Waals surface area contributed by atoms with Crippen LogP contribution in [0, 0.1) is 5.92 Å². The molecular weight excluding hydrogens is 216 g/mol. The van der Waals surface area contributed by atoms with E-state index in [2.05, 4.69) is 0 Å². The minimum Gasteiger partial charge on any atom is -0.396 e. The third-order valence-electron chi connectivity index (χ3n) is 3.15. The van der Waals surface area contributed by atoms with Gasteiger partial charge in [-0.2, -0.15) is 17.0 Å². The normalized spacial score (nSPS) is 26.5. The Morgan fingerprint density at radius 2 is 1.67 bits per heavy atom. The molecule has 0 aliphatic carbocycles. The van der Waals surface area contributed by atoms with Crippen LogP contribution in [0.3, 0.4) is 0 Å². The molecule has 0 bridgehead atoms. The van der Waals surface area contributed by atoms with Crippen LogP contribution in [0.5, 0.6) is 0 Å². The number of aliphatic hydroxyl groups is 1. The molecule has 0 unspecified atom stereocenters. The van der Waals surface area contributed by atoms with Gasteiger partial charge in [-0.25, -0.2) is 0 Å². The van der Waals surface area contributed by atoms with Gasteiger partial charge >= 0.3 is 0 Å². The molecule has 0 spiro atoms. The Bertz CT molecular complexity index is 305. The Morgan fingerprint density at radius 1 is 1.07 bits per heavy atom. The molecule has 0 saturated carbocycles. The van der Waals surface area contributed by atoms with E-state index >= 15 is 0 Å². The summed E-state index contributed by atoms with van der Waals surface area (Å²) in [5, 5.41) is 8.84. The van der Waals surface area contributed by atoms with Crippen LogP contribution in [0.1, 0.15) is 19.3 Å². The van der Waals surface area contributed by atoms with Gasteiger partial charge in [-0.15, -0.1) is 0 Å². The SMILES string of the molecule is O=S(=O)(N1CCCCC1)N1CC(CO)C1. The van der Waals surface area contributed by atoms with Crippen molar-refractivity contribution in [3.05, 3.63) is 0 Å². The van der Waals surface area contributed by atoms with Gasteiger partial charge in [-0.05, 0) is 12.8 Å². The molecule has 0 aromatic heterocycles. The number of piperidine rings is 1. The molecule has 2 heterocycles. The highest BCUT2D eigenvalue weighted by Gasteiger charge is 2.38. The highest BCUT2D eigenvalue weighted by molar-refractivity contribution is 7.86. The lowest BCUT2D eigenvalue weighted by Gasteiger charge is -2.40. The fourth-order valence-electron chi connectivity index (χ4n) is 2.09. The van der Waals surface area contributed by atoms with E-state index in [1.54, 1.807) is 4.31 Å². The second-order valence-corrected chi connectivity index (χ2v) is 6.26. The maximum atomic E-state index is 12.0. The van der Waals surface area contributed by atoms with Gasteiger partial charge in [0, 0.05) is 38.7 Å². The van der Waals surface area contributed by atoms with E-state index in [9.17, 15) is 8.42 Å². The van der Waals surface area contributed by atoms with E-state index in [0.29, 0.717) is 26.2 Å². The molecule has 5 nitrogen and oxygen atoms in total. The standard InChI is InChI=1S/C9H18N2O3S/c12-8-9-6-11(7-9)15(13,14)10-4-2-1-3-5-10/h9,12H,1-8H2. The van der Waals surface area contributed by atoms with Crippen LogP contribution in [0.15, 0.2) is 0 Å². The Balaban J connectivity index is 1.95. The van der Waals surface area contributed by atoms with Gasteiger partial charge in [0.05, 0.1) is 0 Å². The first-order valence-corrected chi connectivity index (χ1v) is 6.90. The Hall–Kier alpha value is -0.170. The number of nitrogens with zero attached hydrogens (tertiary/aromatic N) is 2. The van der Waals surface area contributed by atoms with E-state index in [1.807, 2.05) is 0 Å². The van der Waals surface area contributed by atoms with Crippen molar-refractivity contribution in [1.82, 2.24) is 8.61 Å². The van der Waals surface area contributed by atoms with Crippen LogP contribution < -0.4 is 0 Å². The summed E-state index contributed by atoms with van der Waals surface area (Å²) in [6.45, 7) is 2.36. The molecule has 0 atom stereocenters. The highest BCUT2D eigenvalue weighted by atomic mass is 32.2. The molecule has 15 heavy (non-hydrogen) atoms. The zero-order valence-corrected chi connectivity index (χ0v) is 9.62. The third kappa shape index (κ3) is 2.18. The van der Waals surface area contributed by atoms with E-state index in [0.717, 1.165) is 19.3 Å². The van der Waals surface area contributed by atoms with Crippen molar-refractivity contribution in [2.75, 3.05) is 32.8 Å². The van der Waals surface area contributed by atoms with Crippen molar-refractivity contribution in [3.63, 3.8) is 0 Å². The molecule has 0 aromatic rings. The first-order valence-electron chi connectivity index (χ1n) is 5.50. The summed E-state index contributed by atoms with van der Waals surface area (Å²) in [7, 11) is -3.21. The second-order valence-electron chi connectivity index (χ2n) is 4.33. The molecule has 0 amide bonds. The minimum absolute atomic E-state index is 0.0893. The number of hydrogen-bond acceptors (Lipinski definition) is 3. The molecule has 88 valence electrons. The molecule has 1 N–H and O–H groups in total. The first kappa shape index (κ1) is 11.3.